The van der Waals surface area contributed by atoms with E-state index < -0.39 is 11.5 Å². The number of hydrogen-bond donors (Lipinski definition) is 2. The second kappa shape index (κ2) is 10.3. The largest absolute Gasteiger partial charge is 0.490 e. The molecule has 39 heavy (non-hydrogen) atoms. The molecule has 0 bridgehead atoms. The van der Waals surface area contributed by atoms with Gasteiger partial charge in [0, 0.05) is 40.2 Å². The minimum absolute atomic E-state index is 0.0216. The summed E-state index contributed by atoms with van der Waals surface area (Å²) in [6.07, 6.45) is 3.81. The Morgan fingerprint density at radius 2 is 1.79 bits per heavy atom. The SMILES string of the molecule is CCc1ccc(OC2CCOCC2)c(C2NC(=O)C=C(c3cccc(Cl)c3)C23C(=O)Nc2cc(Cl)ccc23)c1. The van der Waals surface area contributed by atoms with E-state index in [1.165, 1.54) is 6.08 Å². The molecule has 200 valence electrons. The maximum atomic E-state index is 14.3. The highest BCUT2D eigenvalue weighted by atomic mass is 35.5. The highest BCUT2D eigenvalue weighted by molar-refractivity contribution is 6.32. The summed E-state index contributed by atoms with van der Waals surface area (Å²) in [4.78, 5) is 27.7. The molecule has 2 atom stereocenters. The smallest absolute Gasteiger partial charge is 0.244 e. The zero-order chi connectivity index (χ0) is 27.1. The van der Waals surface area contributed by atoms with Crippen LogP contribution < -0.4 is 15.4 Å². The fraction of sp³-hybridized carbons (Fsp3) is 0.290. The van der Waals surface area contributed by atoms with Gasteiger partial charge in [0.1, 0.15) is 17.3 Å². The molecule has 2 amide bonds. The molecule has 0 radical (unpaired) electrons. The number of halogens is 2. The summed E-state index contributed by atoms with van der Waals surface area (Å²) in [5, 5.41) is 7.22. The van der Waals surface area contributed by atoms with Gasteiger partial charge in [0.15, 0.2) is 0 Å². The van der Waals surface area contributed by atoms with Crippen LogP contribution in [0, 0.1) is 0 Å². The molecule has 1 spiro atoms. The third kappa shape index (κ3) is 4.50. The highest BCUT2D eigenvalue weighted by Gasteiger charge is 2.58. The summed E-state index contributed by atoms with van der Waals surface area (Å²) in [7, 11) is 0. The third-order valence-electron chi connectivity index (χ3n) is 7.82. The predicted octanol–water partition coefficient (Wildman–Crippen LogP) is 6.26. The number of aryl methyl sites for hydroxylation is 1. The van der Waals surface area contributed by atoms with Crippen molar-refractivity contribution in [2.75, 3.05) is 18.5 Å². The van der Waals surface area contributed by atoms with E-state index in [-0.39, 0.29) is 17.9 Å². The molecule has 6 nitrogen and oxygen atoms in total. The van der Waals surface area contributed by atoms with Crippen molar-refractivity contribution in [3.8, 4) is 5.75 Å². The van der Waals surface area contributed by atoms with Gasteiger partial charge in [-0.15, -0.1) is 0 Å². The maximum absolute atomic E-state index is 14.3. The summed E-state index contributed by atoms with van der Waals surface area (Å²) < 4.78 is 12.1. The predicted molar refractivity (Wildman–Crippen MR) is 152 cm³/mol. The van der Waals surface area contributed by atoms with Gasteiger partial charge < -0.3 is 20.1 Å². The summed E-state index contributed by atoms with van der Waals surface area (Å²) in [6.45, 7) is 3.34. The van der Waals surface area contributed by atoms with Crippen LogP contribution in [-0.4, -0.2) is 31.1 Å². The first kappa shape index (κ1) is 25.9. The fourth-order valence-electron chi connectivity index (χ4n) is 5.96. The van der Waals surface area contributed by atoms with Gasteiger partial charge in [-0.1, -0.05) is 54.4 Å². The molecule has 6 rings (SSSR count). The van der Waals surface area contributed by atoms with Crippen LogP contribution >= 0.6 is 23.2 Å². The lowest BCUT2D eigenvalue weighted by atomic mass is 9.63. The Morgan fingerprint density at radius 1 is 1.00 bits per heavy atom. The number of benzene rings is 3. The molecule has 1 fully saturated rings. The number of carbonyl (C=O) groups excluding carboxylic acids is 2. The van der Waals surface area contributed by atoms with Crippen molar-refractivity contribution in [3.05, 3.63) is 99.0 Å². The number of hydrogen-bond acceptors (Lipinski definition) is 4. The van der Waals surface area contributed by atoms with Crippen molar-refractivity contribution < 1.29 is 19.1 Å². The fourth-order valence-corrected chi connectivity index (χ4v) is 6.32. The van der Waals surface area contributed by atoms with Gasteiger partial charge in [0.05, 0.1) is 19.3 Å². The van der Waals surface area contributed by atoms with Gasteiger partial charge >= 0.3 is 0 Å². The van der Waals surface area contributed by atoms with Crippen LogP contribution in [0.5, 0.6) is 5.75 Å². The lowest BCUT2D eigenvalue weighted by molar-refractivity contribution is -0.122. The first-order valence-corrected chi connectivity index (χ1v) is 13.9. The highest BCUT2D eigenvalue weighted by Crippen LogP contribution is 2.57. The number of anilines is 1. The molecule has 8 heteroatoms. The summed E-state index contributed by atoms with van der Waals surface area (Å²) in [5.74, 6) is 0.0935. The van der Waals surface area contributed by atoms with Crippen molar-refractivity contribution in [2.45, 2.75) is 43.7 Å². The number of fused-ring (bicyclic) bond motifs is 2. The van der Waals surface area contributed by atoms with Crippen LogP contribution in [-0.2, 0) is 26.2 Å². The van der Waals surface area contributed by atoms with Crippen LogP contribution in [0.4, 0.5) is 5.69 Å². The number of amides is 2. The number of rotatable bonds is 5. The van der Waals surface area contributed by atoms with E-state index in [9.17, 15) is 9.59 Å². The molecule has 3 aliphatic rings. The van der Waals surface area contributed by atoms with Crippen molar-refractivity contribution in [1.82, 2.24) is 5.32 Å². The number of nitrogens with one attached hydrogen (secondary N) is 2. The molecule has 0 aromatic heterocycles. The van der Waals surface area contributed by atoms with Gasteiger partial charge in [-0.2, -0.15) is 0 Å². The second-order valence-electron chi connectivity index (χ2n) is 10.1. The Labute approximate surface area is 237 Å². The van der Waals surface area contributed by atoms with E-state index in [0.29, 0.717) is 45.8 Å². The molecular formula is C31H28Cl2N2O4. The average Bonchev–Trinajstić information content (AvgIpc) is 3.21. The zero-order valence-electron chi connectivity index (χ0n) is 21.4. The van der Waals surface area contributed by atoms with Crippen LogP contribution in [0.3, 0.4) is 0 Å². The Balaban J connectivity index is 1.60. The van der Waals surface area contributed by atoms with Crippen LogP contribution in [0.1, 0.15) is 48.1 Å². The van der Waals surface area contributed by atoms with Gasteiger partial charge in [-0.3, -0.25) is 9.59 Å². The van der Waals surface area contributed by atoms with Crippen molar-refractivity contribution in [1.29, 1.82) is 0 Å². The van der Waals surface area contributed by atoms with E-state index in [0.717, 1.165) is 36.0 Å². The normalized spacial score (nSPS) is 22.7. The lowest BCUT2D eigenvalue weighted by Gasteiger charge is -2.42. The molecule has 3 heterocycles. The topological polar surface area (TPSA) is 76.7 Å². The molecule has 2 unspecified atom stereocenters. The van der Waals surface area contributed by atoms with Crippen LogP contribution in [0.2, 0.25) is 10.0 Å². The average molecular weight is 563 g/mol. The maximum Gasteiger partial charge on any atom is 0.244 e. The Bertz CT molecular complexity index is 1500. The molecule has 2 N–H and O–H groups in total. The number of ether oxygens (including phenoxy) is 2. The Morgan fingerprint density at radius 3 is 2.56 bits per heavy atom. The molecule has 3 aromatic rings. The standard InChI is InChI=1S/C31H28Cl2N2O4/c1-2-18-6-9-27(39-22-10-12-38-13-11-22)23(14-18)29-31(24-8-7-21(33)16-26(24)34-30(31)37)25(17-28(36)35-29)19-4-3-5-20(32)15-19/h3-9,14-17,22,29H,2,10-13H2,1H3,(H,34,37)(H,35,36). The number of carbonyl (C=O) groups is 2. The van der Waals surface area contributed by atoms with Crippen molar-refractivity contribution in [2.24, 2.45) is 0 Å². The first-order valence-electron chi connectivity index (χ1n) is 13.2. The van der Waals surface area contributed by atoms with E-state index >= 15 is 0 Å². The molecule has 1 saturated heterocycles. The van der Waals surface area contributed by atoms with Crippen LogP contribution in [0.15, 0.2) is 66.7 Å². The van der Waals surface area contributed by atoms with E-state index in [1.807, 2.05) is 36.4 Å². The van der Waals surface area contributed by atoms with Gasteiger partial charge in [0.2, 0.25) is 11.8 Å². The summed E-state index contributed by atoms with van der Waals surface area (Å²) >= 11 is 12.7. The minimum Gasteiger partial charge on any atom is -0.490 e. The van der Waals surface area contributed by atoms with Gasteiger partial charge in [-0.25, -0.2) is 0 Å². The Hall–Kier alpha value is -3.32. The third-order valence-corrected chi connectivity index (χ3v) is 8.29. The van der Waals surface area contributed by atoms with Gasteiger partial charge in [0.25, 0.3) is 0 Å². The molecule has 3 aliphatic heterocycles. The molecule has 0 saturated carbocycles. The van der Waals surface area contributed by atoms with E-state index in [2.05, 4.69) is 17.6 Å². The molecule has 0 aliphatic carbocycles. The summed E-state index contributed by atoms with van der Waals surface area (Å²) in [6, 6.07) is 17.9. The van der Waals surface area contributed by atoms with E-state index in [4.69, 9.17) is 32.7 Å². The zero-order valence-corrected chi connectivity index (χ0v) is 22.9. The summed E-state index contributed by atoms with van der Waals surface area (Å²) in [5.41, 5.74) is 3.13. The molecule has 3 aromatic carbocycles. The lowest BCUT2D eigenvalue weighted by Crippen LogP contribution is -2.52. The molecular weight excluding hydrogens is 535 g/mol. The van der Waals surface area contributed by atoms with E-state index in [1.54, 1.807) is 24.3 Å². The van der Waals surface area contributed by atoms with Crippen LogP contribution in [0.25, 0.3) is 5.57 Å². The Kier molecular flexibility index (Phi) is 6.88. The van der Waals surface area contributed by atoms with Gasteiger partial charge in [-0.05, 0) is 65.1 Å². The van der Waals surface area contributed by atoms with Crippen molar-refractivity contribution >= 4 is 46.3 Å². The quantitative estimate of drug-likeness (QED) is 0.385. The second-order valence-corrected chi connectivity index (χ2v) is 11.0. The monoisotopic (exact) mass is 562 g/mol. The minimum atomic E-state index is -1.29. The van der Waals surface area contributed by atoms with Crippen molar-refractivity contribution in [3.63, 3.8) is 0 Å². The first-order chi connectivity index (χ1) is 18.9.